The number of allylic oxidation sites excluding steroid dienone is 1. The molecule has 0 aromatic rings. The van der Waals surface area contributed by atoms with Crippen LogP contribution in [0.1, 0.15) is 12.8 Å². The predicted octanol–water partition coefficient (Wildman–Crippen LogP) is 1.44. The maximum absolute atomic E-state index is 4.11. The van der Waals surface area contributed by atoms with Crippen LogP contribution in [0.2, 0.25) is 0 Å². The van der Waals surface area contributed by atoms with Gasteiger partial charge in [-0.1, -0.05) is 18.9 Å². The van der Waals surface area contributed by atoms with Gasteiger partial charge in [-0.2, -0.15) is 0 Å². The predicted molar refractivity (Wildman–Crippen MR) is 34.1 cm³/mol. The van der Waals surface area contributed by atoms with Crippen molar-refractivity contribution < 1.29 is 0 Å². The Morgan fingerprint density at radius 1 is 1.57 bits per heavy atom. The van der Waals surface area contributed by atoms with Crippen molar-refractivity contribution in [1.29, 1.82) is 0 Å². The van der Waals surface area contributed by atoms with E-state index in [1.54, 1.807) is 0 Å². The van der Waals surface area contributed by atoms with Gasteiger partial charge in [0.25, 0.3) is 0 Å². The molecule has 0 bridgehead atoms. The third-order valence-corrected chi connectivity index (χ3v) is 1.37. The molecule has 0 spiro atoms. The molecule has 0 N–H and O–H groups in total. The minimum absolute atomic E-state index is 1.10. The molecule has 1 aliphatic rings. The largest absolute Gasteiger partial charge is 0.326 e. The van der Waals surface area contributed by atoms with Gasteiger partial charge in [-0.3, -0.25) is 0 Å². The van der Waals surface area contributed by atoms with Crippen LogP contribution in [0.5, 0.6) is 0 Å². The lowest BCUT2D eigenvalue weighted by atomic mass is 10.2. The molecule has 0 aromatic carbocycles. The highest BCUT2D eigenvalue weighted by molar-refractivity contribution is 7.77. The Morgan fingerprint density at radius 3 is 2.71 bits per heavy atom. The average molecular weight is 115 g/mol. The van der Waals surface area contributed by atoms with Crippen molar-refractivity contribution in [2.75, 3.05) is 6.54 Å². The van der Waals surface area contributed by atoms with E-state index in [0.717, 1.165) is 6.54 Å². The lowest BCUT2D eigenvalue weighted by Gasteiger charge is -2.14. The van der Waals surface area contributed by atoms with Gasteiger partial charge in [0.15, 0.2) is 0 Å². The van der Waals surface area contributed by atoms with Crippen LogP contribution < -0.4 is 0 Å². The number of hydrogen-bond donors (Lipinski definition) is 1. The van der Waals surface area contributed by atoms with Gasteiger partial charge in [0.05, 0.1) is 0 Å². The Labute approximate surface area is 49.6 Å². The number of nitrogens with zero attached hydrogens (tertiary/aromatic N) is 1. The van der Waals surface area contributed by atoms with Crippen molar-refractivity contribution in [3.8, 4) is 0 Å². The third-order valence-electron chi connectivity index (χ3n) is 1.04. The zero-order chi connectivity index (χ0) is 5.11. The van der Waals surface area contributed by atoms with Crippen LogP contribution in [0, 0.1) is 0 Å². The van der Waals surface area contributed by atoms with Gasteiger partial charge in [0, 0.05) is 12.7 Å². The molecule has 0 unspecified atom stereocenters. The second-order valence-corrected chi connectivity index (χ2v) is 2.20. The SMILES string of the molecule is SN1C=CCCC1. The third kappa shape index (κ3) is 1.43. The molecule has 0 saturated heterocycles. The molecule has 7 heavy (non-hydrogen) atoms. The standard InChI is InChI=1S/C5H9NS/c7-6-4-2-1-3-5-6/h2,4,7H,1,3,5H2. The molecule has 0 radical (unpaired) electrons. The Morgan fingerprint density at radius 2 is 2.43 bits per heavy atom. The number of thiol groups is 1. The zero-order valence-electron chi connectivity index (χ0n) is 4.17. The van der Waals surface area contributed by atoms with Crippen molar-refractivity contribution in [3.63, 3.8) is 0 Å². The van der Waals surface area contributed by atoms with Crippen LogP contribution in [0.25, 0.3) is 0 Å². The van der Waals surface area contributed by atoms with Gasteiger partial charge in [0.1, 0.15) is 0 Å². The van der Waals surface area contributed by atoms with E-state index >= 15 is 0 Å². The summed E-state index contributed by atoms with van der Waals surface area (Å²) in [5.74, 6) is 0. The van der Waals surface area contributed by atoms with Gasteiger partial charge >= 0.3 is 0 Å². The van der Waals surface area contributed by atoms with Crippen LogP contribution in [0.15, 0.2) is 12.3 Å². The first-order chi connectivity index (χ1) is 3.39. The van der Waals surface area contributed by atoms with Crippen LogP contribution in [-0.2, 0) is 0 Å². The topological polar surface area (TPSA) is 3.24 Å². The van der Waals surface area contributed by atoms with Gasteiger partial charge in [-0.05, 0) is 12.8 Å². The van der Waals surface area contributed by atoms with E-state index < -0.39 is 0 Å². The summed E-state index contributed by atoms with van der Waals surface area (Å²) in [6.07, 6.45) is 6.61. The minimum Gasteiger partial charge on any atom is -0.326 e. The first kappa shape index (κ1) is 5.04. The summed E-state index contributed by atoms with van der Waals surface area (Å²) in [5.41, 5.74) is 0. The number of rotatable bonds is 0. The quantitative estimate of drug-likeness (QED) is 0.467. The van der Waals surface area contributed by atoms with Gasteiger partial charge in [-0.15, -0.1) is 0 Å². The molecular formula is C5H9NS. The molecule has 0 aromatic heterocycles. The fourth-order valence-electron chi connectivity index (χ4n) is 0.642. The van der Waals surface area contributed by atoms with E-state index in [2.05, 4.69) is 18.9 Å². The molecule has 0 amide bonds. The van der Waals surface area contributed by atoms with E-state index in [1.165, 1.54) is 12.8 Å². The molecule has 1 nitrogen and oxygen atoms in total. The summed E-state index contributed by atoms with van der Waals surface area (Å²) in [5, 5.41) is 0. The van der Waals surface area contributed by atoms with Crippen molar-refractivity contribution in [2.24, 2.45) is 0 Å². The normalized spacial score (nSPS) is 20.4. The number of hydrogen-bond acceptors (Lipinski definition) is 2. The van der Waals surface area contributed by atoms with E-state index in [1.807, 2.05) is 10.5 Å². The second-order valence-electron chi connectivity index (χ2n) is 1.69. The Bertz CT molecular complexity index is 80.1. The molecule has 1 rings (SSSR count). The summed E-state index contributed by atoms with van der Waals surface area (Å²) >= 11 is 4.11. The van der Waals surface area contributed by atoms with Crippen molar-refractivity contribution in [1.82, 2.24) is 4.31 Å². The highest BCUT2D eigenvalue weighted by atomic mass is 32.1. The smallest absolute Gasteiger partial charge is 0.0289 e. The lowest BCUT2D eigenvalue weighted by Crippen LogP contribution is -2.08. The highest BCUT2D eigenvalue weighted by Gasteiger charge is 1.94. The van der Waals surface area contributed by atoms with E-state index in [9.17, 15) is 0 Å². The van der Waals surface area contributed by atoms with Crippen LogP contribution >= 0.6 is 12.8 Å². The fourth-order valence-corrected chi connectivity index (χ4v) is 0.878. The first-order valence-electron chi connectivity index (χ1n) is 2.52. The monoisotopic (exact) mass is 115 g/mol. The van der Waals surface area contributed by atoms with Gasteiger partial charge in [-0.25, -0.2) is 0 Å². The second kappa shape index (κ2) is 2.26. The van der Waals surface area contributed by atoms with Crippen molar-refractivity contribution in [3.05, 3.63) is 12.3 Å². The molecule has 1 aliphatic heterocycles. The Hall–Kier alpha value is -0.110. The molecule has 0 fully saturated rings. The molecular weight excluding hydrogens is 106 g/mol. The Kier molecular flexibility index (Phi) is 1.63. The van der Waals surface area contributed by atoms with Crippen LogP contribution in [0.3, 0.4) is 0 Å². The molecule has 1 heterocycles. The molecule has 0 saturated carbocycles. The average Bonchev–Trinajstić information content (AvgIpc) is 1.69. The lowest BCUT2D eigenvalue weighted by molar-refractivity contribution is 0.566. The summed E-state index contributed by atoms with van der Waals surface area (Å²) in [4.78, 5) is 0. The van der Waals surface area contributed by atoms with Crippen LogP contribution in [-0.4, -0.2) is 10.8 Å². The summed E-state index contributed by atoms with van der Waals surface area (Å²) < 4.78 is 1.91. The van der Waals surface area contributed by atoms with Gasteiger partial charge < -0.3 is 4.31 Å². The first-order valence-corrected chi connectivity index (χ1v) is 2.92. The van der Waals surface area contributed by atoms with Crippen LogP contribution in [0.4, 0.5) is 0 Å². The molecule has 40 valence electrons. The fraction of sp³-hybridized carbons (Fsp3) is 0.600. The van der Waals surface area contributed by atoms with E-state index in [0.29, 0.717) is 0 Å². The molecule has 0 aliphatic carbocycles. The van der Waals surface area contributed by atoms with E-state index in [-0.39, 0.29) is 0 Å². The van der Waals surface area contributed by atoms with Gasteiger partial charge in [0.2, 0.25) is 0 Å². The van der Waals surface area contributed by atoms with E-state index in [4.69, 9.17) is 0 Å². The maximum Gasteiger partial charge on any atom is 0.0289 e. The van der Waals surface area contributed by atoms with Crippen molar-refractivity contribution in [2.45, 2.75) is 12.8 Å². The zero-order valence-corrected chi connectivity index (χ0v) is 5.06. The summed E-state index contributed by atoms with van der Waals surface area (Å²) in [7, 11) is 0. The Balaban J connectivity index is 2.36. The minimum atomic E-state index is 1.10. The van der Waals surface area contributed by atoms with Crippen molar-refractivity contribution >= 4 is 12.8 Å². The summed E-state index contributed by atoms with van der Waals surface area (Å²) in [6.45, 7) is 1.10. The molecule has 2 heteroatoms. The highest BCUT2D eigenvalue weighted by Crippen LogP contribution is 2.05. The maximum atomic E-state index is 4.11. The summed E-state index contributed by atoms with van der Waals surface area (Å²) in [6, 6.07) is 0. The molecule has 0 atom stereocenters.